The first kappa shape index (κ1) is 17.7. The monoisotopic (exact) mass is 339 g/mol. The minimum absolute atomic E-state index is 0.0427. The van der Waals surface area contributed by atoms with E-state index in [1.54, 1.807) is 29.2 Å². The SMILES string of the molecule is CCCS(=O)(=O)Nc1ccccc1C(=O)N1CCCC(NC)C1. The molecule has 0 aliphatic carbocycles. The number of benzene rings is 1. The summed E-state index contributed by atoms with van der Waals surface area (Å²) in [7, 11) is -1.53. The van der Waals surface area contributed by atoms with Gasteiger partial charge in [-0.1, -0.05) is 19.1 Å². The van der Waals surface area contributed by atoms with Crippen LogP contribution in [0.2, 0.25) is 0 Å². The van der Waals surface area contributed by atoms with E-state index >= 15 is 0 Å². The first-order chi connectivity index (χ1) is 11.0. The molecule has 128 valence electrons. The van der Waals surface area contributed by atoms with Gasteiger partial charge < -0.3 is 10.2 Å². The molecule has 2 rings (SSSR count). The Morgan fingerprint density at radius 2 is 2.09 bits per heavy atom. The zero-order chi connectivity index (χ0) is 16.9. The number of para-hydroxylation sites is 1. The maximum absolute atomic E-state index is 12.8. The van der Waals surface area contributed by atoms with Crippen molar-refractivity contribution in [2.75, 3.05) is 30.6 Å². The summed E-state index contributed by atoms with van der Waals surface area (Å²) in [4.78, 5) is 14.6. The largest absolute Gasteiger partial charge is 0.337 e. The normalized spacial score (nSPS) is 18.7. The van der Waals surface area contributed by atoms with Gasteiger partial charge in [0.05, 0.1) is 17.0 Å². The molecule has 0 spiro atoms. The number of likely N-dealkylation sites (N-methyl/N-ethyl adjacent to an activating group) is 1. The Kier molecular flexibility index (Phi) is 6.01. The van der Waals surface area contributed by atoms with Crippen LogP contribution in [0.5, 0.6) is 0 Å². The van der Waals surface area contributed by atoms with Gasteiger partial charge in [0.2, 0.25) is 10.0 Å². The molecule has 0 bridgehead atoms. The molecule has 6 nitrogen and oxygen atoms in total. The molecule has 1 aliphatic heterocycles. The molecule has 1 aromatic carbocycles. The number of carbonyl (C=O) groups is 1. The van der Waals surface area contributed by atoms with E-state index in [0.717, 1.165) is 12.8 Å². The highest BCUT2D eigenvalue weighted by molar-refractivity contribution is 7.92. The van der Waals surface area contributed by atoms with Crippen LogP contribution in [0.3, 0.4) is 0 Å². The first-order valence-electron chi connectivity index (χ1n) is 8.03. The van der Waals surface area contributed by atoms with Crippen LogP contribution in [-0.2, 0) is 10.0 Å². The van der Waals surface area contributed by atoms with Gasteiger partial charge in [-0.15, -0.1) is 0 Å². The highest BCUT2D eigenvalue weighted by Crippen LogP contribution is 2.21. The van der Waals surface area contributed by atoms with Crippen molar-refractivity contribution in [2.45, 2.75) is 32.2 Å². The van der Waals surface area contributed by atoms with Gasteiger partial charge in [0.1, 0.15) is 0 Å². The topological polar surface area (TPSA) is 78.5 Å². The van der Waals surface area contributed by atoms with Crippen LogP contribution in [0.25, 0.3) is 0 Å². The van der Waals surface area contributed by atoms with E-state index in [0.29, 0.717) is 30.8 Å². The number of sulfonamides is 1. The second kappa shape index (κ2) is 7.79. The molecule has 1 aliphatic rings. The number of carbonyl (C=O) groups excluding carboxylic acids is 1. The van der Waals surface area contributed by atoms with Crippen molar-refractivity contribution in [1.29, 1.82) is 0 Å². The van der Waals surface area contributed by atoms with Gasteiger partial charge in [-0.2, -0.15) is 0 Å². The Bertz CT molecular complexity index is 646. The summed E-state index contributed by atoms with van der Waals surface area (Å²) in [5, 5.41) is 3.20. The molecule has 1 atom stereocenters. The van der Waals surface area contributed by atoms with E-state index < -0.39 is 10.0 Å². The summed E-state index contributed by atoms with van der Waals surface area (Å²) < 4.78 is 26.5. The number of amides is 1. The minimum Gasteiger partial charge on any atom is -0.337 e. The predicted molar refractivity (Wildman–Crippen MR) is 92.1 cm³/mol. The van der Waals surface area contributed by atoms with Crippen molar-refractivity contribution >= 4 is 21.6 Å². The van der Waals surface area contributed by atoms with E-state index in [9.17, 15) is 13.2 Å². The van der Waals surface area contributed by atoms with Crippen LogP contribution in [0, 0.1) is 0 Å². The molecule has 1 amide bonds. The summed E-state index contributed by atoms with van der Waals surface area (Å²) in [6, 6.07) is 7.09. The van der Waals surface area contributed by atoms with Gasteiger partial charge in [0.15, 0.2) is 0 Å². The van der Waals surface area contributed by atoms with E-state index in [4.69, 9.17) is 0 Å². The molecule has 1 saturated heterocycles. The second-order valence-electron chi connectivity index (χ2n) is 5.85. The number of hydrogen-bond donors (Lipinski definition) is 2. The molecule has 1 aromatic rings. The lowest BCUT2D eigenvalue weighted by Gasteiger charge is -2.33. The van der Waals surface area contributed by atoms with Gasteiger partial charge >= 0.3 is 0 Å². The Balaban J connectivity index is 2.21. The zero-order valence-electron chi connectivity index (χ0n) is 13.7. The molecule has 0 radical (unpaired) electrons. The van der Waals surface area contributed by atoms with Crippen LogP contribution in [-0.4, -0.2) is 51.2 Å². The maximum Gasteiger partial charge on any atom is 0.256 e. The number of rotatable bonds is 6. The molecule has 7 heteroatoms. The van der Waals surface area contributed by atoms with Crippen molar-refractivity contribution in [2.24, 2.45) is 0 Å². The van der Waals surface area contributed by atoms with Gasteiger partial charge in [-0.05, 0) is 38.4 Å². The Morgan fingerprint density at radius 3 is 2.78 bits per heavy atom. The molecule has 23 heavy (non-hydrogen) atoms. The van der Waals surface area contributed by atoms with Crippen molar-refractivity contribution in [3.63, 3.8) is 0 Å². The third kappa shape index (κ3) is 4.68. The summed E-state index contributed by atoms with van der Waals surface area (Å²) in [5.74, 6) is -0.0825. The predicted octanol–water partition coefficient (Wildman–Crippen LogP) is 1.66. The van der Waals surface area contributed by atoms with Gasteiger partial charge in [-0.3, -0.25) is 9.52 Å². The van der Waals surface area contributed by atoms with Crippen LogP contribution in [0.4, 0.5) is 5.69 Å². The Labute approximate surface area is 138 Å². The number of anilines is 1. The molecule has 1 unspecified atom stereocenters. The summed E-state index contributed by atoms with van der Waals surface area (Å²) in [6.45, 7) is 3.15. The fraction of sp³-hybridized carbons (Fsp3) is 0.562. The zero-order valence-corrected chi connectivity index (χ0v) is 14.5. The van der Waals surface area contributed by atoms with E-state index in [-0.39, 0.29) is 17.7 Å². The first-order valence-corrected chi connectivity index (χ1v) is 9.68. The van der Waals surface area contributed by atoms with E-state index in [1.807, 2.05) is 14.0 Å². The summed E-state index contributed by atoms with van der Waals surface area (Å²) >= 11 is 0. The standard InChI is InChI=1S/C16H25N3O3S/c1-3-11-23(21,22)18-15-9-5-4-8-14(15)16(20)19-10-6-7-13(12-19)17-2/h4-5,8-9,13,17-18H,3,6-7,10-12H2,1-2H3. The van der Waals surface area contributed by atoms with Crippen molar-refractivity contribution in [3.05, 3.63) is 29.8 Å². The highest BCUT2D eigenvalue weighted by atomic mass is 32.2. The number of nitrogens with one attached hydrogen (secondary N) is 2. The van der Waals surface area contributed by atoms with E-state index in [2.05, 4.69) is 10.0 Å². The molecule has 0 aromatic heterocycles. The summed E-state index contributed by atoms with van der Waals surface area (Å²) in [6.07, 6.45) is 2.52. The summed E-state index contributed by atoms with van der Waals surface area (Å²) in [5.41, 5.74) is 0.765. The number of likely N-dealkylation sites (tertiary alicyclic amines) is 1. The number of hydrogen-bond acceptors (Lipinski definition) is 4. The number of nitrogens with zero attached hydrogens (tertiary/aromatic N) is 1. The average Bonchev–Trinajstić information content (AvgIpc) is 2.54. The highest BCUT2D eigenvalue weighted by Gasteiger charge is 2.25. The fourth-order valence-electron chi connectivity index (χ4n) is 2.81. The van der Waals surface area contributed by atoms with Crippen LogP contribution in [0.15, 0.2) is 24.3 Å². The fourth-order valence-corrected chi connectivity index (χ4v) is 3.97. The van der Waals surface area contributed by atoms with Gasteiger partial charge in [0.25, 0.3) is 5.91 Å². The smallest absolute Gasteiger partial charge is 0.256 e. The molecule has 1 fully saturated rings. The number of piperidine rings is 1. The lowest BCUT2D eigenvalue weighted by atomic mass is 10.0. The van der Waals surface area contributed by atoms with Crippen LogP contribution in [0.1, 0.15) is 36.5 Å². The lowest BCUT2D eigenvalue weighted by molar-refractivity contribution is 0.0699. The molecule has 1 heterocycles. The maximum atomic E-state index is 12.8. The van der Waals surface area contributed by atoms with Crippen LogP contribution < -0.4 is 10.0 Å². The minimum atomic E-state index is -3.42. The lowest BCUT2D eigenvalue weighted by Crippen LogP contribution is -2.47. The van der Waals surface area contributed by atoms with Gasteiger partial charge in [-0.25, -0.2) is 8.42 Å². The van der Waals surface area contributed by atoms with Gasteiger partial charge in [0, 0.05) is 19.1 Å². The Hall–Kier alpha value is -1.60. The second-order valence-corrected chi connectivity index (χ2v) is 7.69. The van der Waals surface area contributed by atoms with Crippen molar-refractivity contribution in [1.82, 2.24) is 10.2 Å². The third-order valence-corrected chi connectivity index (χ3v) is 5.49. The van der Waals surface area contributed by atoms with Crippen molar-refractivity contribution in [3.8, 4) is 0 Å². The quantitative estimate of drug-likeness (QED) is 0.826. The molecular weight excluding hydrogens is 314 g/mol. The van der Waals surface area contributed by atoms with Crippen molar-refractivity contribution < 1.29 is 13.2 Å². The molecule has 0 saturated carbocycles. The third-order valence-electron chi connectivity index (χ3n) is 4.01. The van der Waals surface area contributed by atoms with Crippen LogP contribution >= 0.6 is 0 Å². The van der Waals surface area contributed by atoms with E-state index in [1.165, 1.54) is 0 Å². The Morgan fingerprint density at radius 1 is 1.35 bits per heavy atom. The molecule has 2 N–H and O–H groups in total. The average molecular weight is 339 g/mol. The molecular formula is C16H25N3O3S.